The van der Waals surface area contributed by atoms with Crippen LogP contribution < -0.4 is 0 Å². The van der Waals surface area contributed by atoms with Gasteiger partial charge in [0.05, 0.1) is 0 Å². The zero-order chi connectivity index (χ0) is 19.0. The molecule has 2 aromatic carbocycles. The predicted molar refractivity (Wildman–Crippen MR) is 107 cm³/mol. The third-order valence-electron chi connectivity index (χ3n) is 5.69. The molecule has 0 radical (unpaired) electrons. The van der Waals surface area contributed by atoms with Gasteiger partial charge in [-0.05, 0) is 50.5 Å². The Kier molecular flexibility index (Phi) is 4.56. The number of nitrogens with zero attached hydrogens (tertiary/aromatic N) is 1. The molecule has 1 aromatic heterocycles. The number of hydrogen-bond donors (Lipinski definition) is 1. The number of nitrogens with one attached hydrogen (secondary N) is 1. The number of piperidine rings is 1. The summed E-state index contributed by atoms with van der Waals surface area (Å²) < 4.78 is 0. The molecule has 1 amide bonds. The fourth-order valence-corrected chi connectivity index (χ4v) is 3.99. The molecule has 1 saturated heterocycles. The lowest BCUT2D eigenvalue weighted by Gasteiger charge is -2.32. The molecule has 4 rings (SSSR count). The van der Waals surface area contributed by atoms with E-state index in [1.165, 1.54) is 5.56 Å². The molecule has 0 unspecified atom stereocenters. The van der Waals surface area contributed by atoms with E-state index in [4.69, 9.17) is 0 Å². The van der Waals surface area contributed by atoms with Crippen LogP contribution in [0, 0.1) is 19.8 Å². The number of benzene rings is 2. The number of hydrogen-bond acceptors (Lipinski definition) is 2. The van der Waals surface area contributed by atoms with Crippen molar-refractivity contribution >= 4 is 22.6 Å². The predicted octanol–water partition coefficient (Wildman–Crippen LogP) is 4.52. The SMILES string of the molecule is Cc1[nH]c2ccc(C(=O)N3CCC[C@@H](C(=O)c4ccccc4)C3)cc2c1C. The fourth-order valence-electron chi connectivity index (χ4n) is 3.99. The normalized spacial score (nSPS) is 17.3. The summed E-state index contributed by atoms with van der Waals surface area (Å²) in [7, 11) is 0. The Morgan fingerprint density at radius 2 is 1.81 bits per heavy atom. The number of carbonyl (C=O) groups excluding carboxylic acids is 2. The van der Waals surface area contributed by atoms with Crippen LogP contribution >= 0.6 is 0 Å². The van der Waals surface area contributed by atoms with Crippen molar-refractivity contribution in [1.82, 2.24) is 9.88 Å². The molecule has 0 aliphatic carbocycles. The Labute approximate surface area is 159 Å². The van der Waals surface area contributed by atoms with Crippen molar-refractivity contribution in [3.63, 3.8) is 0 Å². The standard InChI is InChI=1S/C23H24N2O2/c1-15-16(2)24-21-11-10-18(13-20(15)21)23(27)25-12-6-9-19(14-25)22(26)17-7-4-3-5-8-17/h3-5,7-8,10-11,13,19,24H,6,9,12,14H2,1-2H3/t19-/m1/s1. The highest BCUT2D eigenvalue weighted by Gasteiger charge is 2.29. The van der Waals surface area contributed by atoms with Gasteiger partial charge in [0.15, 0.2) is 5.78 Å². The second-order valence-electron chi connectivity index (χ2n) is 7.46. The van der Waals surface area contributed by atoms with Gasteiger partial charge in [-0.3, -0.25) is 9.59 Å². The second kappa shape index (κ2) is 7.03. The van der Waals surface area contributed by atoms with Crippen LogP contribution in [-0.4, -0.2) is 34.7 Å². The molecule has 0 saturated carbocycles. The van der Waals surface area contributed by atoms with Crippen LogP contribution in [-0.2, 0) is 0 Å². The number of carbonyl (C=O) groups is 2. The Morgan fingerprint density at radius 3 is 2.59 bits per heavy atom. The maximum Gasteiger partial charge on any atom is 0.253 e. The van der Waals surface area contributed by atoms with Crippen LogP contribution in [0.25, 0.3) is 10.9 Å². The summed E-state index contributed by atoms with van der Waals surface area (Å²) >= 11 is 0. The number of rotatable bonds is 3. The lowest BCUT2D eigenvalue weighted by atomic mass is 9.89. The summed E-state index contributed by atoms with van der Waals surface area (Å²) in [5, 5.41) is 1.09. The van der Waals surface area contributed by atoms with Gasteiger partial charge in [-0.1, -0.05) is 30.3 Å². The third-order valence-corrected chi connectivity index (χ3v) is 5.69. The third kappa shape index (κ3) is 3.27. The van der Waals surface area contributed by atoms with E-state index in [9.17, 15) is 9.59 Å². The molecule has 1 aliphatic rings. The largest absolute Gasteiger partial charge is 0.358 e. The minimum atomic E-state index is -0.120. The first kappa shape index (κ1) is 17.5. The molecule has 1 N–H and O–H groups in total. The highest BCUT2D eigenvalue weighted by Crippen LogP contribution is 2.25. The second-order valence-corrected chi connectivity index (χ2v) is 7.46. The minimum absolute atomic E-state index is 0.0146. The molecule has 4 heteroatoms. The van der Waals surface area contributed by atoms with E-state index in [0.717, 1.165) is 35.0 Å². The number of fused-ring (bicyclic) bond motifs is 1. The van der Waals surface area contributed by atoms with E-state index in [-0.39, 0.29) is 17.6 Å². The number of aromatic amines is 1. The molecule has 0 bridgehead atoms. The van der Waals surface area contributed by atoms with Gasteiger partial charge in [0, 0.05) is 46.7 Å². The van der Waals surface area contributed by atoms with E-state index in [0.29, 0.717) is 18.7 Å². The maximum atomic E-state index is 13.1. The highest BCUT2D eigenvalue weighted by atomic mass is 16.2. The smallest absolute Gasteiger partial charge is 0.253 e. The molecular weight excluding hydrogens is 336 g/mol. The molecule has 27 heavy (non-hydrogen) atoms. The van der Waals surface area contributed by atoms with Gasteiger partial charge in [0.1, 0.15) is 0 Å². The van der Waals surface area contributed by atoms with Crippen molar-refractivity contribution in [3.8, 4) is 0 Å². The van der Waals surface area contributed by atoms with Crippen LogP contribution in [0.1, 0.15) is 44.8 Å². The first-order valence-corrected chi connectivity index (χ1v) is 9.52. The molecule has 1 aliphatic heterocycles. The summed E-state index contributed by atoms with van der Waals surface area (Å²) in [6.07, 6.45) is 1.70. The number of aromatic nitrogens is 1. The van der Waals surface area contributed by atoms with Crippen LogP contribution in [0.4, 0.5) is 0 Å². The Morgan fingerprint density at radius 1 is 1.04 bits per heavy atom. The van der Waals surface area contributed by atoms with Gasteiger partial charge in [-0.15, -0.1) is 0 Å². The number of likely N-dealkylation sites (tertiary alicyclic amines) is 1. The quantitative estimate of drug-likeness (QED) is 0.698. The summed E-state index contributed by atoms with van der Waals surface area (Å²) in [6, 6.07) is 15.2. The molecule has 4 nitrogen and oxygen atoms in total. The van der Waals surface area contributed by atoms with Gasteiger partial charge in [-0.25, -0.2) is 0 Å². The Bertz CT molecular complexity index is 1000. The van der Waals surface area contributed by atoms with Crippen LogP contribution in [0.2, 0.25) is 0 Å². The van der Waals surface area contributed by atoms with E-state index in [2.05, 4.69) is 11.9 Å². The number of Topliss-reactive ketones (excluding diaryl/α,β-unsaturated/α-hetero) is 1. The molecule has 0 spiro atoms. The Balaban J connectivity index is 1.55. The molecule has 2 heterocycles. The maximum absolute atomic E-state index is 13.1. The molecule has 138 valence electrons. The van der Waals surface area contributed by atoms with E-state index in [1.54, 1.807) is 0 Å². The zero-order valence-electron chi connectivity index (χ0n) is 15.8. The van der Waals surface area contributed by atoms with Crippen molar-refractivity contribution in [3.05, 3.63) is 70.9 Å². The lowest BCUT2D eigenvalue weighted by molar-refractivity contribution is 0.0637. The Hall–Kier alpha value is -2.88. The number of H-pyrrole nitrogens is 1. The van der Waals surface area contributed by atoms with E-state index in [1.807, 2.05) is 60.4 Å². The van der Waals surface area contributed by atoms with Crippen LogP contribution in [0.3, 0.4) is 0 Å². The number of amides is 1. The van der Waals surface area contributed by atoms with Crippen molar-refractivity contribution in [2.24, 2.45) is 5.92 Å². The first-order valence-electron chi connectivity index (χ1n) is 9.52. The van der Waals surface area contributed by atoms with Crippen molar-refractivity contribution < 1.29 is 9.59 Å². The molecule has 1 fully saturated rings. The van der Waals surface area contributed by atoms with Crippen molar-refractivity contribution in [1.29, 1.82) is 0 Å². The highest BCUT2D eigenvalue weighted by molar-refractivity contribution is 6.01. The van der Waals surface area contributed by atoms with Gasteiger partial charge in [0.25, 0.3) is 5.91 Å². The van der Waals surface area contributed by atoms with E-state index >= 15 is 0 Å². The molecule has 3 aromatic rings. The summed E-state index contributed by atoms with van der Waals surface area (Å²) in [5.41, 5.74) is 4.78. The molecular formula is C23H24N2O2. The average molecular weight is 360 g/mol. The number of aryl methyl sites for hydroxylation is 2. The summed E-state index contributed by atoms with van der Waals surface area (Å²) in [6.45, 7) is 5.31. The van der Waals surface area contributed by atoms with Crippen LogP contribution in [0.5, 0.6) is 0 Å². The fraction of sp³-hybridized carbons (Fsp3) is 0.304. The zero-order valence-corrected chi connectivity index (χ0v) is 15.8. The van der Waals surface area contributed by atoms with Gasteiger partial charge < -0.3 is 9.88 Å². The summed E-state index contributed by atoms with van der Waals surface area (Å²) in [4.78, 5) is 31.0. The lowest BCUT2D eigenvalue weighted by Crippen LogP contribution is -2.42. The monoisotopic (exact) mass is 360 g/mol. The van der Waals surface area contributed by atoms with Gasteiger partial charge >= 0.3 is 0 Å². The van der Waals surface area contributed by atoms with Crippen molar-refractivity contribution in [2.45, 2.75) is 26.7 Å². The van der Waals surface area contributed by atoms with Crippen molar-refractivity contribution in [2.75, 3.05) is 13.1 Å². The topological polar surface area (TPSA) is 53.2 Å². The van der Waals surface area contributed by atoms with Gasteiger partial charge in [-0.2, -0.15) is 0 Å². The van der Waals surface area contributed by atoms with Crippen LogP contribution in [0.15, 0.2) is 48.5 Å². The van der Waals surface area contributed by atoms with Gasteiger partial charge in [0.2, 0.25) is 0 Å². The van der Waals surface area contributed by atoms with E-state index < -0.39 is 0 Å². The number of ketones is 1. The summed E-state index contributed by atoms with van der Waals surface area (Å²) in [5.74, 6) is 0.0337. The average Bonchev–Trinajstić information content (AvgIpc) is 3.01. The first-order chi connectivity index (χ1) is 13.0. The minimum Gasteiger partial charge on any atom is -0.358 e. The molecule has 1 atom stereocenters.